The molecule has 0 saturated carbocycles. The number of nitrogens with one attached hydrogen (secondary N) is 1. The molecule has 2 heterocycles. The fourth-order valence-corrected chi connectivity index (χ4v) is 1.87. The number of halogens is 7. The van der Waals surface area contributed by atoms with Gasteiger partial charge in [-0.25, -0.2) is 14.4 Å². The summed E-state index contributed by atoms with van der Waals surface area (Å²) in [5, 5.41) is 2.95. The smallest absolute Gasteiger partial charge is 0.428 e. The normalized spacial score (nSPS) is 13.6. The highest BCUT2D eigenvalue weighted by Crippen LogP contribution is 2.28. The Bertz CT molecular complexity index is 867. The molecule has 2 aromatic heterocycles. The van der Waals surface area contributed by atoms with E-state index in [1.165, 1.54) is 6.92 Å². The molecule has 0 bridgehead atoms. The first kappa shape index (κ1) is 21.3. The van der Waals surface area contributed by atoms with Gasteiger partial charge in [-0.15, -0.1) is 0 Å². The second-order valence-electron chi connectivity index (χ2n) is 5.41. The van der Waals surface area contributed by atoms with Crippen LogP contribution in [0, 0.1) is 12.7 Å². The summed E-state index contributed by atoms with van der Waals surface area (Å²) >= 11 is 0. The molecular weight excluding hydrogens is 399 g/mol. The number of alkyl halides is 6. The summed E-state index contributed by atoms with van der Waals surface area (Å²) in [4.78, 5) is 11.4. The van der Waals surface area contributed by atoms with E-state index >= 15 is 0 Å². The van der Waals surface area contributed by atoms with Gasteiger partial charge in [-0.1, -0.05) is 0 Å². The summed E-state index contributed by atoms with van der Waals surface area (Å²) in [5.74, 6) is -2.08. The van der Waals surface area contributed by atoms with Gasteiger partial charge in [0, 0.05) is 11.8 Å². The van der Waals surface area contributed by atoms with E-state index in [2.05, 4.69) is 24.8 Å². The van der Waals surface area contributed by atoms with Crippen molar-refractivity contribution in [2.75, 3.05) is 5.43 Å². The molecule has 0 aliphatic rings. The molecule has 1 unspecified atom stereocenters. The Balaban J connectivity index is 2.19. The van der Waals surface area contributed by atoms with Crippen molar-refractivity contribution in [3.05, 3.63) is 30.0 Å². The van der Waals surface area contributed by atoms with Gasteiger partial charge in [-0.3, -0.25) is 10.4 Å². The number of aryl methyl sites for hydroxylation is 1. The van der Waals surface area contributed by atoms with Crippen molar-refractivity contribution in [1.82, 2.24) is 15.0 Å². The van der Waals surface area contributed by atoms with Gasteiger partial charge in [0.2, 0.25) is 0 Å². The minimum Gasteiger partial charge on any atom is -0.463 e. The lowest BCUT2D eigenvalue weighted by atomic mass is 10.1. The van der Waals surface area contributed by atoms with E-state index in [1.807, 2.05) is 5.43 Å². The summed E-state index contributed by atoms with van der Waals surface area (Å²) < 4.78 is 91.9. The fourth-order valence-electron chi connectivity index (χ4n) is 1.87. The van der Waals surface area contributed by atoms with Crippen LogP contribution >= 0.6 is 0 Å². The molecule has 0 saturated heterocycles. The van der Waals surface area contributed by atoms with Crippen LogP contribution in [-0.4, -0.2) is 39.6 Å². The zero-order valence-corrected chi connectivity index (χ0v) is 14.2. The van der Waals surface area contributed by atoms with Gasteiger partial charge in [-0.2, -0.15) is 31.4 Å². The standard InChI is InChI=1S/C15H12F7N5O/c1-7-12(23-5-11(26-7)27-25-6-14(17,18)19)9-3-10(16)13(24-4-9)28-8(2)15(20,21)22/h3-6,8H,1-2H3,(H,26,27). The van der Waals surface area contributed by atoms with Gasteiger partial charge < -0.3 is 4.74 Å². The van der Waals surface area contributed by atoms with Crippen molar-refractivity contribution in [1.29, 1.82) is 0 Å². The Morgan fingerprint density at radius 2 is 1.82 bits per heavy atom. The lowest BCUT2D eigenvalue weighted by molar-refractivity contribution is -0.190. The highest BCUT2D eigenvalue weighted by atomic mass is 19.4. The third-order valence-corrected chi connectivity index (χ3v) is 3.17. The number of nitrogens with zero attached hydrogens (tertiary/aromatic N) is 4. The summed E-state index contributed by atoms with van der Waals surface area (Å²) in [6.07, 6.45) is -9.75. The van der Waals surface area contributed by atoms with Crippen LogP contribution in [0.15, 0.2) is 23.6 Å². The van der Waals surface area contributed by atoms with Crippen molar-refractivity contribution < 1.29 is 35.5 Å². The van der Waals surface area contributed by atoms with Gasteiger partial charge in [0.25, 0.3) is 5.88 Å². The summed E-state index contributed by atoms with van der Waals surface area (Å²) in [5.41, 5.74) is 2.42. The largest absolute Gasteiger partial charge is 0.463 e. The number of hydrazone groups is 1. The van der Waals surface area contributed by atoms with Crippen LogP contribution < -0.4 is 10.2 Å². The molecule has 28 heavy (non-hydrogen) atoms. The molecule has 1 atom stereocenters. The second-order valence-corrected chi connectivity index (χ2v) is 5.41. The molecule has 0 aromatic carbocycles. The molecule has 6 nitrogen and oxygen atoms in total. The molecule has 0 aliphatic carbocycles. The lowest BCUT2D eigenvalue weighted by Gasteiger charge is -2.17. The number of pyridine rings is 1. The number of aromatic nitrogens is 3. The van der Waals surface area contributed by atoms with Crippen molar-refractivity contribution in [2.45, 2.75) is 32.3 Å². The maximum absolute atomic E-state index is 14.0. The van der Waals surface area contributed by atoms with E-state index in [0.717, 1.165) is 18.5 Å². The average Bonchev–Trinajstić information content (AvgIpc) is 2.55. The SMILES string of the molecule is Cc1nc(NN=CC(F)(F)F)cnc1-c1cnc(OC(C)C(F)(F)F)c(F)c1. The van der Waals surface area contributed by atoms with Crippen LogP contribution in [0.2, 0.25) is 0 Å². The predicted octanol–water partition coefficient (Wildman–Crippen LogP) is 4.28. The van der Waals surface area contributed by atoms with E-state index in [0.29, 0.717) is 6.92 Å². The second kappa shape index (κ2) is 7.94. The average molecular weight is 411 g/mol. The minimum atomic E-state index is -4.69. The van der Waals surface area contributed by atoms with Crippen molar-refractivity contribution in [3.8, 4) is 17.1 Å². The predicted molar refractivity (Wildman–Crippen MR) is 84.3 cm³/mol. The maximum Gasteiger partial charge on any atom is 0.428 e. The van der Waals surface area contributed by atoms with Gasteiger partial charge in [0.15, 0.2) is 17.7 Å². The summed E-state index contributed by atoms with van der Waals surface area (Å²) in [6.45, 7) is 2.15. The van der Waals surface area contributed by atoms with E-state index in [-0.39, 0.29) is 29.0 Å². The van der Waals surface area contributed by atoms with Crippen LogP contribution in [0.3, 0.4) is 0 Å². The van der Waals surface area contributed by atoms with Gasteiger partial charge >= 0.3 is 12.4 Å². The van der Waals surface area contributed by atoms with Gasteiger partial charge in [-0.05, 0) is 19.9 Å². The first-order chi connectivity index (χ1) is 12.9. The highest BCUT2D eigenvalue weighted by molar-refractivity contribution is 5.65. The maximum atomic E-state index is 14.0. The van der Waals surface area contributed by atoms with Crippen molar-refractivity contribution >= 4 is 12.0 Å². The lowest BCUT2D eigenvalue weighted by Crippen LogP contribution is -2.31. The Labute approximate surface area is 153 Å². The zero-order valence-electron chi connectivity index (χ0n) is 14.2. The molecule has 2 rings (SSSR count). The van der Waals surface area contributed by atoms with Crippen LogP contribution in [0.4, 0.5) is 36.6 Å². The van der Waals surface area contributed by atoms with E-state index in [9.17, 15) is 30.7 Å². The number of ether oxygens (including phenoxy) is 1. The zero-order chi connectivity index (χ0) is 21.1. The molecule has 13 heteroatoms. The third-order valence-electron chi connectivity index (χ3n) is 3.17. The summed E-state index contributed by atoms with van der Waals surface area (Å²) in [6, 6.07) is 0.858. The fraction of sp³-hybridized carbons (Fsp3) is 0.333. The van der Waals surface area contributed by atoms with Crippen LogP contribution in [0.1, 0.15) is 12.6 Å². The van der Waals surface area contributed by atoms with E-state index < -0.39 is 30.2 Å². The molecular formula is C15H12F7N5O. The highest BCUT2D eigenvalue weighted by Gasteiger charge is 2.38. The van der Waals surface area contributed by atoms with E-state index in [4.69, 9.17) is 0 Å². The Morgan fingerprint density at radius 3 is 2.36 bits per heavy atom. The first-order valence-corrected chi connectivity index (χ1v) is 7.46. The molecule has 1 N–H and O–H groups in total. The molecule has 0 amide bonds. The first-order valence-electron chi connectivity index (χ1n) is 7.46. The molecule has 0 fully saturated rings. The number of rotatable bonds is 5. The number of anilines is 1. The Hall–Kier alpha value is -2.99. The summed E-state index contributed by atoms with van der Waals surface area (Å²) in [7, 11) is 0. The monoisotopic (exact) mass is 411 g/mol. The topological polar surface area (TPSA) is 72.3 Å². The van der Waals surface area contributed by atoms with Crippen molar-refractivity contribution in [2.24, 2.45) is 5.10 Å². The number of hydrogen-bond donors (Lipinski definition) is 1. The Morgan fingerprint density at radius 1 is 1.14 bits per heavy atom. The number of hydrogen-bond acceptors (Lipinski definition) is 6. The Kier molecular flexibility index (Phi) is 6.04. The van der Waals surface area contributed by atoms with Crippen LogP contribution in [0.5, 0.6) is 5.88 Å². The van der Waals surface area contributed by atoms with Crippen molar-refractivity contribution in [3.63, 3.8) is 0 Å². The third kappa shape index (κ3) is 5.76. The van der Waals surface area contributed by atoms with Gasteiger partial charge in [0.1, 0.15) is 6.21 Å². The van der Waals surface area contributed by atoms with Crippen LogP contribution in [0.25, 0.3) is 11.3 Å². The molecule has 0 aliphatic heterocycles. The molecule has 152 valence electrons. The molecule has 0 radical (unpaired) electrons. The molecule has 0 spiro atoms. The van der Waals surface area contributed by atoms with E-state index in [1.54, 1.807) is 0 Å². The minimum absolute atomic E-state index is 0.0832. The van der Waals surface area contributed by atoms with Gasteiger partial charge in [0.05, 0.1) is 17.6 Å². The quantitative estimate of drug-likeness (QED) is 0.452. The molecule has 2 aromatic rings. The van der Waals surface area contributed by atoms with Crippen LogP contribution in [-0.2, 0) is 0 Å².